The monoisotopic (exact) mass is 371 g/mol. The number of esters is 1. The van der Waals surface area contributed by atoms with Crippen LogP contribution in [0.1, 0.15) is 23.2 Å². The molecular weight excluding hydrogens is 364 g/mol. The fourth-order valence-electron chi connectivity index (χ4n) is 1.35. The first kappa shape index (κ1) is 14.5. The van der Waals surface area contributed by atoms with Gasteiger partial charge in [0.05, 0.1) is 19.2 Å². The highest BCUT2D eigenvalue weighted by Gasteiger charge is 2.22. The van der Waals surface area contributed by atoms with Crippen LogP contribution in [0, 0.1) is 0 Å². The second-order valence-electron chi connectivity index (χ2n) is 3.13. The van der Waals surface area contributed by atoms with Crippen molar-refractivity contribution in [2.45, 2.75) is 18.2 Å². The molecule has 0 spiro atoms. The normalized spacial score (nSPS) is 10.7. The first-order chi connectivity index (χ1) is 8.01. The molecule has 17 heavy (non-hydrogen) atoms. The van der Waals surface area contributed by atoms with Gasteiger partial charge in [0.1, 0.15) is 0 Å². The summed E-state index contributed by atoms with van der Waals surface area (Å²) in [5.41, 5.74) is 0.409. The van der Waals surface area contributed by atoms with Crippen LogP contribution in [0.2, 0.25) is 0 Å². The Morgan fingerprint density at radius 3 is 2.71 bits per heavy atom. The Morgan fingerprint density at radius 2 is 2.24 bits per heavy atom. The second kappa shape index (κ2) is 6.39. The molecule has 0 radical (unpaired) electrons. The summed E-state index contributed by atoms with van der Waals surface area (Å²) in [7, 11) is 1.21. The van der Waals surface area contributed by atoms with E-state index in [4.69, 9.17) is 0 Å². The van der Waals surface area contributed by atoms with E-state index >= 15 is 0 Å². The number of hydrogen-bond donors (Lipinski definition) is 0. The van der Waals surface area contributed by atoms with E-state index < -0.39 is 12.4 Å². The van der Waals surface area contributed by atoms with E-state index in [1.54, 1.807) is 0 Å². The van der Waals surface area contributed by atoms with Crippen molar-refractivity contribution < 1.29 is 18.3 Å². The molecule has 0 unspecified atom stereocenters. The van der Waals surface area contributed by atoms with Crippen molar-refractivity contribution in [1.29, 1.82) is 0 Å². The lowest BCUT2D eigenvalue weighted by Crippen LogP contribution is -2.11. The van der Waals surface area contributed by atoms with E-state index in [-0.39, 0.29) is 22.0 Å². The summed E-state index contributed by atoms with van der Waals surface area (Å²) in [5.74, 6) is -0.575. The molecule has 1 aromatic heterocycles. The zero-order valence-corrected chi connectivity index (χ0v) is 12.0. The molecule has 94 valence electrons. The van der Waals surface area contributed by atoms with Crippen LogP contribution in [0.15, 0.2) is 10.7 Å². The van der Waals surface area contributed by atoms with Crippen LogP contribution in [-0.2, 0) is 21.3 Å². The van der Waals surface area contributed by atoms with E-state index in [1.165, 1.54) is 13.3 Å². The molecular formula is C10H9Br2F2NO2. The van der Waals surface area contributed by atoms with Crippen molar-refractivity contribution >= 4 is 37.8 Å². The fourth-order valence-corrected chi connectivity index (χ4v) is 2.34. The van der Waals surface area contributed by atoms with Crippen LogP contribution in [0.25, 0.3) is 0 Å². The van der Waals surface area contributed by atoms with Gasteiger partial charge in [-0.1, -0.05) is 15.9 Å². The lowest BCUT2D eigenvalue weighted by Gasteiger charge is -2.13. The molecule has 1 aromatic rings. The van der Waals surface area contributed by atoms with Gasteiger partial charge < -0.3 is 4.74 Å². The number of halogens is 4. The molecule has 0 aliphatic heterocycles. The first-order valence-electron chi connectivity index (χ1n) is 4.58. The largest absolute Gasteiger partial charge is 0.469 e. The zero-order chi connectivity index (χ0) is 13.0. The van der Waals surface area contributed by atoms with Gasteiger partial charge in [0.2, 0.25) is 0 Å². The number of carbonyl (C=O) groups excluding carboxylic acids is 1. The summed E-state index contributed by atoms with van der Waals surface area (Å²) in [4.78, 5) is 15.2. The summed E-state index contributed by atoms with van der Waals surface area (Å²) < 4.78 is 30.5. The van der Waals surface area contributed by atoms with Gasteiger partial charge >= 0.3 is 5.97 Å². The third-order valence-electron chi connectivity index (χ3n) is 2.16. The molecule has 0 aromatic carbocycles. The van der Waals surface area contributed by atoms with Crippen molar-refractivity contribution in [2.75, 3.05) is 7.11 Å². The van der Waals surface area contributed by atoms with Gasteiger partial charge in [-0.2, -0.15) is 0 Å². The second-order valence-corrected chi connectivity index (χ2v) is 4.55. The highest BCUT2D eigenvalue weighted by Crippen LogP contribution is 2.32. The van der Waals surface area contributed by atoms with Gasteiger partial charge in [0.15, 0.2) is 0 Å². The fraction of sp³-hybridized carbons (Fsp3) is 0.400. The maximum atomic E-state index is 12.9. The topological polar surface area (TPSA) is 39.2 Å². The van der Waals surface area contributed by atoms with E-state index in [2.05, 4.69) is 41.6 Å². The number of aromatic nitrogens is 1. The number of hydrogen-bond acceptors (Lipinski definition) is 3. The zero-order valence-electron chi connectivity index (χ0n) is 8.84. The predicted octanol–water partition coefficient (Wildman–Crippen LogP) is 3.39. The first-order valence-corrected chi connectivity index (χ1v) is 6.49. The van der Waals surface area contributed by atoms with E-state index in [0.717, 1.165) is 0 Å². The van der Waals surface area contributed by atoms with Crippen LogP contribution in [0.4, 0.5) is 8.78 Å². The quantitative estimate of drug-likeness (QED) is 0.600. The van der Waals surface area contributed by atoms with Crippen LogP contribution >= 0.6 is 31.9 Å². The van der Waals surface area contributed by atoms with Gasteiger partial charge in [-0.05, 0) is 21.5 Å². The summed E-state index contributed by atoms with van der Waals surface area (Å²) >= 11 is 6.17. The molecule has 0 N–H and O–H groups in total. The lowest BCUT2D eigenvalue weighted by molar-refractivity contribution is -0.139. The number of carbonyl (C=O) groups is 1. The molecule has 0 aliphatic rings. The molecule has 0 fully saturated rings. The van der Waals surface area contributed by atoms with Gasteiger partial charge in [0, 0.05) is 21.6 Å². The minimum absolute atomic E-state index is 0.191. The summed E-state index contributed by atoms with van der Waals surface area (Å²) in [5, 5.41) is 0.298. The highest BCUT2D eigenvalue weighted by molar-refractivity contribution is 9.10. The molecule has 3 nitrogen and oxygen atoms in total. The number of methoxy groups -OCH3 is 1. The van der Waals surface area contributed by atoms with Gasteiger partial charge in [-0.3, -0.25) is 9.78 Å². The summed E-state index contributed by atoms with van der Waals surface area (Å²) in [6, 6.07) is 0. The minimum atomic E-state index is -2.68. The molecule has 1 rings (SSSR count). The Balaban J connectivity index is 3.29. The van der Waals surface area contributed by atoms with Gasteiger partial charge in [0.25, 0.3) is 6.43 Å². The molecule has 0 atom stereocenters. The molecule has 0 aliphatic carbocycles. The molecule has 0 amide bonds. The average Bonchev–Trinajstić information content (AvgIpc) is 2.28. The minimum Gasteiger partial charge on any atom is -0.469 e. The van der Waals surface area contributed by atoms with Crippen molar-refractivity contribution in [3.63, 3.8) is 0 Å². The van der Waals surface area contributed by atoms with Crippen molar-refractivity contribution in [2.24, 2.45) is 0 Å². The third-order valence-corrected chi connectivity index (χ3v) is 3.32. The number of pyridine rings is 1. The van der Waals surface area contributed by atoms with Crippen LogP contribution in [0.3, 0.4) is 0 Å². The molecule has 1 heterocycles. The Bertz CT molecular complexity index is 427. The smallest absolute Gasteiger partial charge is 0.310 e. The Kier molecular flexibility index (Phi) is 5.45. The Hall–Kier alpha value is -0.560. The SMILES string of the molecule is COC(=O)Cc1c(CBr)ncc(Br)c1C(F)F. The number of rotatable bonds is 4. The van der Waals surface area contributed by atoms with Crippen molar-refractivity contribution in [3.05, 3.63) is 27.5 Å². The Labute approximate surface area is 114 Å². The van der Waals surface area contributed by atoms with Gasteiger partial charge in [-0.15, -0.1) is 0 Å². The van der Waals surface area contributed by atoms with Crippen LogP contribution in [-0.4, -0.2) is 18.1 Å². The average molecular weight is 373 g/mol. The van der Waals surface area contributed by atoms with Crippen molar-refractivity contribution in [1.82, 2.24) is 4.98 Å². The molecule has 0 bridgehead atoms. The van der Waals surface area contributed by atoms with Crippen LogP contribution < -0.4 is 0 Å². The van der Waals surface area contributed by atoms with Gasteiger partial charge in [-0.25, -0.2) is 8.78 Å². The summed E-state index contributed by atoms with van der Waals surface area (Å²) in [6.07, 6.45) is -1.59. The standard InChI is InChI=1S/C10H9Br2F2NO2/c1-17-8(16)2-5-7(3-11)15-4-6(12)9(5)10(13)14/h4,10H,2-3H2,1H3. The van der Waals surface area contributed by atoms with Crippen LogP contribution in [0.5, 0.6) is 0 Å². The maximum absolute atomic E-state index is 12.9. The summed E-state index contributed by atoms with van der Waals surface area (Å²) in [6.45, 7) is 0. The predicted molar refractivity (Wildman–Crippen MR) is 65.2 cm³/mol. The lowest BCUT2D eigenvalue weighted by atomic mass is 10.0. The Morgan fingerprint density at radius 1 is 1.59 bits per heavy atom. The molecule has 7 heteroatoms. The third kappa shape index (κ3) is 3.45. The van der Waals surface area contributed by atoms with E-state index in [0.29, 0.717) is 11.0 Å². The van der Waals surface area contributed by atoms with E-state index in [1.807, 2.05) is 0 Å². The number of alkyl halides is 3. The number of nitrogens with zero attached hydrogens (tertiary/aromatic N) is 1. The maximum Gasteiger partial charge on any atom is 0.310 e. The molecule has 0 saturated carbocycles. The van der Waals surface area contributed by atoms with E-state index in [9.17, 15) is 13.6 Å². The molecule has 0 saturated heterocycles. The number of ether oxygens (including phenoxy) is 1. The highest BCUT2D eigenvalue weighted by atomic mass is 79.9. The van der Waals surface area contributed by atoms with Crippen molar-refractivity contribution in [3.8, 4) is 0 Å².